The fourth-order valence-corrected chi connectivity index (χ4v) is 8.59. The van der Waals surface area contributed by atoms with Crippen LogP contribution < -0.4 is 14.8 Å². The fourth-order valence-electron chi connectivity index (χ4n) is 8.05. The molecule has 11 heteroatoms. The Morgan fingerprint density at radius 1 is 1.02 bits per heavy atom. The van der Waals surface area contributed by atoms with E-state index in [4.69, 9.17) is 4.74 Å². The van der Waals surface area contributed by atoms with Crippen LogP contribution in [0.15, 0.2) is 36.4 Å². The number of carbonyl (C=O) groups excluding carboxylic acids is 2. The van der Waals surface area contributed by atoms with Crippen molar-refractivity contribution in [3.63, 3.8) is 0 Å². The molecule has 2 aliphatic heterocycles. The predicted molar refractivity (Wildman–Crippen MR) is 174 cm³/mol. The van der Waals surface area contributed by atoms with E-state index >= 15 is 0 Å². The Hall–Kier alpha value is -3.41. The maximum atomic E-state index is 14.6. The van der Waals surface area contributed by atoms with Crippen molar-refractivity contribution < 1.29 is 22.7 Å². The van der Waals surface area contributed by atoms with Gasteiger partial charge in [0.05, 0.1) is 18.2 Å². The standard InChI is InChI=1S/C34H43N5O5S/c1-37(2)45(42,43)36-32(40)23-10-12-26-29(18-23)39-21-34(33(41)38-16-7-14-35-15-17-38)20-28(34)27-19-24(44-3)11-13-25(27)31(39)30(26)22-8-5-4-6-9-22/h10-13,18-19,22,28,35H,4-9,14-17,20-21H2,1-3H3,(H,36,40). The molecule has 0 bridgehead atoms. The molecular formula is C34H43N5O5S. The third-order valence-electron chi connectivity index (χ3n) is 10.5. The molecule has 3 aromatic rings. The quantitative estimate of drug-likeness (QED) is 0.421. The first-order valence-corrected chi connectivity index (χ1v) is 17.7. The van der Waals surface area contributed by atoms with Crippen molar-refractivity contribution in [1.82, 2.24) is 23.8 Å². The van der Waals surface area contributed by atoms with Crippen LogP contribution in [-0.4, -0.2) is 81.4 Å². The molecule has 3 fully saturated rings. The van der Waals surface area contributed by atoms with Gasteiger partial charge in [0.15, 0.2) is 0 Å². The summed E-state index contributed by atoms with van der Waals surface area (Å²) in [5.74, 6) is 0.734. The Kier molecular flexibility index (Phi) is 7.69. The number of methoxy groups -OCH3 is 1. The summed E-state index contributed by atoms with van der Waals surface area (Å²) in [7, 11) is 0.496. The average molecular weight is 634 g/mol. The molecule has 3 heterocycles. The first-order chi connectivity index (χ1) is 21.6. The summed E-state index contributed by atoms with van der Waals surface area (Å²) in [6.07, 6.45) is 7.44. The van der Waals surface area contributed by atoms with E-state index in [2.05, 4.69) is 26.7 Å². The van der Waals surface area contributed by atoms with Crippen LogP contribution >= 0.6 is 0 Å². The Morgan fingerprint density at radius 2 is 1.82 bits per heavy atom. The third kappa shape index (κ3) is 5.13. The van der Waals surface area contributed by atoms with Gasteiger partial charge in [-0.15, -0.1) is 0 Å². The zero-order valence-corrected chi connectivity index (χ0v) is 27.2. The van der Waals surface area contributed by atoms with Gasteiger partial charge in [-0.1, -0.05) is 25.3 Å². The predicted octanol–water partition coefficient (Wildman–Crippen LogP) is 4.21. The molecule has 7 rings (SSSR count). The Morgan fingerprint density at radius 3 is 2.58 bits per heavy atom. The van der Waals surface area contributed by atoms with Gasteiger partial charge in [-0.2, -0.15) is 12.7 Å². The summed E-state index contributed by atoms with van der Waals surface area (Å²) in [5.41, 5.74) is 5.25. The van der Waals surface area contributed by atoms with Crippen LogP contribution in [0.4, 0.5) is 0 Å². The van der Waals surface area contributed by atoms with Crippen LogP contribution in [0.1, 0.15) is 78.3 Å². The summed E-state index contributed by atoms with van der Waals surface area (Å²) in [5, 5.41) is 4.50. The number of carbonyl (C=O) groups is 2. The molecule has 0 radical (unpaired) electrons. The third-order valence-corrected chi connectivity index (χ3v) is 11.9. The highest BCUT2D eigenvalue weighted by atomic mass is 32.2. The number of amides is 2. The summed E-state index contributed by atoms with van der Waals surface area (Å²) in [6, 6.07) is 11.8. The van der Waals surface area contributed by atoms with Crippen LogP contribution in [0.3, 0.4) is 0 Å². The molecule has 2 aliphatic carbocycles. The number of nitrogens with one attached hydrogen (secondary N) is 2. The Bertz CT molecular complexity index is 1770. The van der Waals surface area contributed by atoms with Crippen molar-refractivity contribution in [2.45, 2.75) is 63.3 Å². The van der Waals surface area contributed by atoms with E-state index in [9.17, 15) is 18.0 Å². The lowest BCUT2D eigenvalue weighted by Gasteiger charge is -2.27. The van der Waals surface area contributed by atoms with Gasteiger partial charge in [-0.25, -0.2) is 4.72 Å². The van der Waals surface area contributed by atoms with Crippen molar-refractivity contribution in [1.29, 1.82) is 0 Å². The van der Waals surface area contributed by atoms with Gasteiger partial charge in [0.25, 0.3) is 5.91 Å². The van der Waals surface area contributed by atoms with Crippen LogP contribution in [0.25, 0.3) is 22.2 Å². The van der Waals surface area contributed by atoms with Gasteiger partial charge in [0.2, 0.25) is 5.91 Å². The highest BCUT2D eigenvalue weighted by Gasteiger charge is 2.63. The maximum absolute atomic E-state index is 14.6. The highest BCUT2D eigenvalue weighted by molar-refractivity contribution is 7.87. The molecule has 2 N–H and O–H groups in total. The van der Waals surface area contributed by atoms with E-state index in [0.29, 0.717) is 19.0 Å². The highest BCUT2D eigenvalue weighted by Crippen LogP contribution is 2.66. The Labute approximate surface area is 265 Å². The van der Waals surface area contributed by atoms with Crippen molar-refractivity contribution >= 4 is 32.9 Å². The minimum atomic E-state index is -3.96. The normalized spacial score (nSPS) is 23.5. The second-order valence-electron chi connectivity index (χ2n) is 13.4. The van der Waals surface area contributed by atoms with Gasteiger partial charge in [0.1, 0.15) is 5.75 Å². The van der Waals surface area contributed by atoms with Crippen LogP contribution in [0, 0.1) is 5.41 Å². The molecule has 2 saturated carbocycles. The summed E-state index contributed by atoms with van der Waals surface area (Å²) >= 11 is 0. The summed E-state index contributed by atoms with van der Waals surface area (Å²) in [4.78, 5) is 29.9. The SMILES string of the molecule is COc1ccc2c(c1)C1CC1(C(=O)N1CCCNCC1)Cn1c-2c(C2CCCCC2)c2ccc(C(=O)NS(=O)(=O)N(C)C)cc21. The van der Waals surface area contributed by atoms with E-state index in [1.807, 2.05) is 23.1 Å². The van der Waals surface area contributed by atoms with Crippen LogP contribution in [0.2, 0.25) is 0 Å². The van der Waals surface area contributed by atoms with Gasteiger partial charge in [-0.3, -0.25) is 9.59 Å². The Balaban J connectivity index is 1.43. The lowest BCUT2D eigenvalue weighted by atomic mass is 9.81. The molecule has 240 valence electrons. The van der Waals surface area contributed by atoms with Crippen molar-refractivity contribution in [2.75, 3.05) is 47.4 Å². The number of hydrogen-bond acceptors (Lipinski definition) is 6. The molecule has 10 nitrogen and oxygen atoms in total. The molecule has 1 aromatic heterocycles. The van der Waals surface area contributed by atoms with E-state index in [-0.39, 0.29) is 17.4 Å². The number of rotatable bonds is 6. The first-order valence-electron chi connectivity index (χ1n) is 16.2. The van der Waals surface area contributed by atoms with E-state index < -0.39 is 21.5 Å². The first kappa shape index (κ1) is 30.3. The monoisotopic (exact) mass is 633 g/mol. The van der Waals surface area contributed by atoms with Gasteiger partial charge in [-0.05, 0) is 79.6 Å². The number of aromatic nitrogens is 1. The number of fused-ring (bicyclic) bond motifs is 7. The number of nitrogens with zero attached hydrogens (tertiary/aromatic N) is 3. The van der Waals surface area contributed by atoms with Crippen LogP contribution in [0.5, 0.6) is 5.75 Å². The van der Waals surface area contributed by atoms with Crippen LogP contribution in [-0.2, 0) is 21.5 Å². The van der Waals surface area contributed by atoms with Crippen molar-refractivity contribution in [3.8, 4) is 17.0 Å². The molecular weight excluding hydrogens is 590 g/mol. The molecule has 4 aliphatic rings. The van der Waals surface area contributed by atoms with Crippen molar-refractivity contribution in [2.24, 2.45) is 5.41 Å². The second-order valence-corrected chi connectivity index (χ2v) is 15.3. The lowest BCUT2D eigenvalue weighted by Crippen LogP contribution is -2.41. The largest absolute Gasteiger partial charge is 0.497 e. The van der Waals surface area contributed by atoms with E-state index in [0.717, 1.165) is 83.1 Å². The van der Waals surface area contributed by atoms with E-state index in [1.54, 1.807) is 13.2 Å². The minimum Gasteiger partial charge on any atom is -0.497 e. The van der Waals surface area contributed by atoms with Gasteiger partial charge < -0.3 is 19.5 Å². The second kappa shape index (κ2) is 11.4. The number of ether oxygens (including phenoxy) is 1. The summed E-state index contributed by atoms with van der Waals surface area (Å²) in [6.45, 7) is 3.63. The molecule has 2 unspecified atom stereocenters. The fraction of sp³-hybridized carbons (Fsp3) is 0.529. The van der Waals surface area contributed by atoms with Gasteiger partial charge >= 0.3 is 10.2 Å². The lowest BCUT2D eigenvalue weighted by molar-refractivity contribution is -0.137. The number of hydrogen-bond donors (Lipinski definition) is 2. The van der Waals surface area contributed by atoms with Crippen molar-refractivity contribution in [3.05, 3.63) is 53.1 Å². The average Bonchev–Trinajstić information content (AvgIpc) is 3.77. The van der Waals surface area contributed by atoms with E-state index in [1.165, 1.54) is 38.9 Å². The number of benzene rings is 2. The zero-order valence-electron chi connectivity index (χ0n) is 26.4. The summed E-state index contributed by atoms with van der Waals surface area (Å²) < 4.78 is 36.2. The molecule has 0 spiro atoms. The minimum absolute atomic E-state index is 0.0668. The zero-order chi connectivity index (χ0) is 31.5. The molecule has 1 saturated heterocycles. The molecule has 2 amide bonds. The maximum Gasteiger partial charge on any atom is 0.303 e. The smallest absolute Gasteiger partial charge is 0.303 e. The molecule has 45 heavy (non-hydrogen) atoms. The topological polar surface area (TPSA) is 113 Å². The van der Waals surface area contributed by atoms with Gasteiger partial charge in [0, 0.05) is 68.2 Å². The molecule has 2 aromatic carbocycles. The molecule has 2 atom stereocenters.